The van der Waals surface area contributed by atoms with E-state index < -0.39 is 34.3 Å². The number of benzene rings is 3. The summed E-state index contributed by atoms with van der Waals surface area (Å²) in [4.78, 5) is 13.1. The highest BCUT2D eigenvalue weighted by Gasteiger charge is 2.28. The van der Waals surface area contributed by atoms with Crippen molar-refractivity contribution in [1.29, 1.82) is 0 Å². The minimum absolute atomic E-state index is 0.0417. The zero-order chi connectivity index (χ0) is 29.4. The number of hydrogen-bond donors (Lipinski definition) is 3. The van der Waals surface area contributed by atoms with E-state index in [2.05, 4.69) is 10.0 Å². The van der Waals surface area contributed by atoms with E-state index in [9.17, 15) is 27.1 Å². The maximum absolute atomic E-state index is 14.9. The molecule has 1 aliphatic rings. The first-order valence-corrected chi connectivity index (χ1v) is 15.3. The summed E-state index contributed by atoms with van der Waals surface area (Å²) >= 11 is 6.08. The van der Waals surface area contributed by atoms with Crippen LogP contribution in [0.4, 0.5) is 14.5 Å². The van der Waals surface area contributed by atoms with Crippen molar-refractivity contribution in [3.05, 3.63) is 94.5 Å². The zero-order valence-electron chi connectivity index (χ0n) is 22.4. The maximum atomic E-state index is 14.9. The summed E-state index contributed by atoms with van der Waals surface area (Å²) in [5.41, 5.74) is 1.49. The van der Waals surface area contributed by atoms with E-state index in [1.54, 1.807) is 18.2 Å². The second-order valence-electron chi connectivity index (χ2n) is 10.1. The van der Waals surface area contributed by atoms with Crippen LogP contribution in [0.2, 0.25) is 5.02 Å². The highest BCUT2D eigenvalue weighted by Crippen LogP contribution is 2.36. The molecule has 0 aromatic heterocycles. The first-order valence-electron chi connectivity index (χ1n) is 13.5. The Hall–Kier alpha value is -2.89. The van der Waals surface area contributed by atoms with Gasteiger partial charge in [-0.25, -0.2) is 21.9 Å². The second kappa shape index (κ2) is 14.3. The van der Waals surface area contributed by atoms with Crippen LogP contribution in [-0.2, 0) is 26.0 Å². The zero-order valence-corrected chi connectivity index (χ0v) is 23.9. The monoisotopic (exact) mass is 606 g/mol. The lowest BCUT2D eigenvalue weighted by Crippen LogP contribution is -2.37. The van der Waals surface area contributed by atoms with Crippen LogP contribution in [0.5, 0.6) is 0 Å². The van der Waals surface area contributed by atoms with Crippen molar-refractivity contribution in [1.82, 2.24) is 4.72 Å². The molecule has 1 aliphatic heterocycles. The lowest BCUT2D eigenvalue weighted by molar-refractivity contribution is -0.117. The van der Waals surface area contributed by atoms with E-state index in [-0.39, 0.29) is 53.2 Å². The van der Waals surface area contributed by atoms with E-state index in [4.69, 9.17) is 16.3 Å². The fraction of sp³-hybridized carbons (Fsp3) is 0.367. The average Bonchev–Trinajstić information content (AvgIpc) is 2.96. The summed E-state index contributed by atoms with van der Waals surface area (Å²) in [6.45, 7) is 0.715. The van der Waals surface area contributed by atoms with Crippen LogP contribution < -0.4 is 10.0 Å². The lowest BCUT2D eigenvalue weighted by Gasteiger charge is -2.30. The molecule has 3 aromatic carbocycles. The number of anilines is 1. The molecule has 3 N–H and O–H groups in total. The number of sulfonamides is 1. The highest BCUT2D eigenvalue weighted by molar-refractivity contribution is 7.89. The molecule has 11 heteroatoms. The molecule has 1 heterocycles. The number of amides is 1. The highest BCUT2D eigenvalue weighted by atomic mass is 35.5. The van der Waals surface area contributed by atoms with Gasteiger partial charge in [-0.1, -0.05) is 29.8 Å². The summed E-state index contributed by atoms with van der Waals surface area (Å²) in [5.74, 6) is -1.25. The Labute approximate surface area is 243 Å². The standard InChI is InChI=1S/C30H33ClF2N2O5S/c31-22-6-4-20(5-7-22)27(21-14-16-40-17-15-21)18-30(37)34-29-3-1-2-28(33)26(29)13-10-24(19-36)35-41(38,39)25-11-8-23(32)9-12-25/h1-9,11-12,21,24,27,35-36H,10,13-19H2,(H,34,37). The third-order valence-corrected chi connectivity index (χ3v) is 9.13. The molecule has 1 amide bonds. The largest absolute Gasteiger partial charge is 0.395 e. The molecular weight excluding hydrogens is 574 g/mol. The van der Waals surface area contributed by atoms with Gasteiger partial charge in [-0.3, -0.25) is 4.79 Å². The number of ether oxygens (including phenoxy) is 1. The molecule has 2 atom stereocenters. The molecular formula is C30H33ClF2N2O5S. The van der Waals surface area contributed by atoms with Crippen LogP contribution in [-0.4, -0.2) is 45.3 Å². The number of rotatable bonds is 12. The van der Waals surface area contributed by atoms with E-state index in [1.807, 2.05) is 12.1 Å². The molecule has 0 spiro atoms. The number of carbonyl (C=O) groups excluding carboxylic acids is 1. The SMILES string of the molecule is O=C(CC(c1ccc(Cl)cc1)C1CCOCC1)Nc1cccc(F)c1CCC(CO)NS(=O)(=O)c1ccc(F)cc1. The normalized spacial score (nSPS) is 15.8. The van der Waals surface area contributed by atoms with E-state index in [1.165, 1.54) is 12.1 Å². The van der Waals surface area contributed by atoms with Gasteiger partial charge in [0.2, 0.25) is 15.9 Å². The molecule has 220 valence electrons. The lowest BCUT2D eigenvalue weighted by atomic mass is 9.79. The average molecular weight is 607 g/mol. The molecule has 1 saturated heterocycles. The number of carbonyl (C=O) groups is 1. The van der Waals surface area contributed by atoms with Crippen LogP contribution in [0.25, 0.3) is 0 Å². The minimum atomic E-state index is -4.04. The molecule has 41 heavy (non-hydrogen) atoms. The fourth-order valence-corrected chi connectivity index (χ4v) is 6.51. The minimum Gasteiger partial charge on any atom is -0.395 e. The predicted molar refractivity (Wildman–Crippen MR) is 153 cm³/mol. The Kier molecular flexibility index (Phi) is 10.9. The van der Waals surface area contributed by atoms with Gasteiger partial charge in [-0.15, -0.1) is 0 Å². The Morgan fingerprint density at radius 1 is 1.02 bits per heavy atom. The topological polar surface area (TPSA) is 105 Å². The summed E-state index contributed by atoms with van der Waals surface area (Å²) in [5, 5.41) is 13.3. The van der Waals surface area contributed by atoms with Gasteiger partial charge in [0.25, 0.3) is 0 Å². The van der Waals surface area contributed by atoms with Crippen LogP contribution in [0, 0.1) is 17.6 Å². The second-order valence-corrected chi connectivity index (χ2v) is 12.3. The van der Waals surface area contributed by atoms with Gasteiger partial charge in [-0.05, 0) is 91.6 Å². The van der Waals surface area contributed by atoms with Gasteiger partial charge in [-0.2, -0.15) is 0 Å². The first kappa shape index (κ1) is 31.1. The molecule has 3 aromatic rings. The van der Waals surface area contributed by atoms with Gasteiger partial charge < -0.3 is 15.2 Å². The van der Waals surface area contributed by atoms with Crippen molar-refractivity contribution < 1.29 is 31.8 Å². The third-order valence-electron chi connectivity index (χ3n) is 7.34. The molecule has 0 aliphatic carbocycles. The summed E-state index contributed by atoms with van der Waals surface area (Å²) in [6.07, 6.45) is 1.92. The van der Waals surface area contributed by atoms with Crippen molar-refractivity contribution in [2.24, 2.45) is 5.92 Å². The van der Waals surface area contributed by atoms with Gasteiger partial charge >= 0.3 is 0 Å². The predicted octanol–water partition coefficient (Wildman–Crippen LogP) is 5.43. The molecule has 1 fully saturated rings. The smallest absolute Gasteiger partial charge is 0.240 e. The number of aliphatic hydroxyl groups is 1. The van der Waals surface area contributed by atoms with Gasteiger partial charge in [0, 0.05) is 41.9 Å². The molecule has 0 saturated carbocycles. The Bertz CT molecular complexity index is 1420. The molecule has 0 bridgehead atoms. The number of aliphatic hydroxyl groups excluding tert-OH is 1. The summed E-state index contributed by atoms with van der Waals surface area (Å²) in [6, 6.07) is 15.1. The Morgan fingerprint density at radius 3 is 2.37 bits per heavy atom. The molecule has 0 radical (unpaired) electrons. The van der Waals surface area contributed by atoms with E-state index in [0.29, 0.717) is 18.2 Å². The first-order chi connectivity index (χ1) is 19.7. The summed E-state index contributed by atoms with van der Waals surface area (Å²) < 4.78 is 61.4. The quantitative estimate of drug-likeness (QED) is 0.255. The van der Waals surface area contributed by atoms with E-state index in [0.717, 1.165) is 42.7 Å². The molecule has 2 unspecified atom stereocenters. The van der Waals surface area contributed by atoms with Crippen LogP contribution in [0.15, 0.2) is 71.6 Å². The number of nitrogens with one attached hydrogen (secondary N) is 2. The van der Waals surface area contributed by atoms with Crippen molar-refractivity contribution in [3.8, 4) is 0 Å². The van der Waals surface area contributed by atoms with E-state index >= 15 is 0 Å². The van der Waals surface area contributed by atoms with Crippen molar-refractivity contribution in [2.45, 2.75) is 49.0 Å². The van der Waals surface area contributed by atoms with Crippen LogP contribution >= 0.6 is 11.6 Å². The van der Waals surface area contributed by atoms with Crippen molar-refractivity contribution >= 4 is 33.2 Å². The molecule has 4 rings (SSSR count). The van der Waals surface area contributed by atoms with Crippen LogP contribution in [0.1, 0.15) is 42.7 Å². The number of halogens is 3. The third kappa shape index (κ3) is 8.56. The van der Waals surface area contributed by atoms with Gasteiger partial charge in [0.15, 0.2) is 0 Å². The summed E-state index contributed by atoms with van der Waals surface area (Å²) in [7, 11) is -4.04. The Morgan fingerprint density at radius 2 is 1.71 bits per heavy atom. The van der Waals surface area contributed by atoms with Crippen molar-refractivity contribution in [3.63, 3.8) is 0 Å². The van der Waals surface area contributed by atoms with Crippen LogP contribution in [0.3, 0.4) is 0 Å². The van der Waals surface area contributed by atoms with Crippen molar-refractivity contribution in [2.75, 3.05) is 25.1 Å². The maximum Gasteiger partial charge on any atom is 0.240 e. The Balaban J connectivity index is 1.45. The fourth-order valence-electron chi connectivity index (χ4n) is 5.12. The van der Waals surface area contributed by atoms with Gasteiger partial charge in [0.05, 0.1) is 11.5 Å². The molecule has 7 nitrogen and oxygen atoms in total. The number of hydrogen-bond acceptors (Lipinski definition) is 5. The van der Waals surface area contributed by atoms with Gasteiger partial charge in [0.1, 0.15) is 11.6 Å².